The number of benzene rings is 1. The maximum Gasteiger partial charge on any atom is 0.305 e. The fourth-order valence-corrected chi connectivity index (χ4v) is 1.86. The van der Waals surface area contributed by atoms with Crippen molar-refractivity contribution in [1.29, 1.82) is 0 Å². The van der Waals surface area contributed by atoms with E-state index in [0.717, 1.165) is 0 Å². The topological polar surface area (TPSA) is 105 Å². The van der Waals surface area contributed by atoms with Crippen molar-refractivity contribution < 1.29 is 29.3 Å². The predicted molar refractivity (Wildman–Crippen MR) is 75.0 cm³/mol. The molecule has 1 rings (SSSR count). The molecule has 1 aromatic carbocycles. The Labute approximate surface area is 122 Å². The second-order valence-corrected chi connectivity index (χ2v) is 4.26. The number of aliphatic hydroxyl groups excluding tert-OH is 1. The lowest BCUT2D eigenvalue weighted by Crippen LogP contribution is -2.40. The standard InChI is InChI=1S/C14H19NO6/c1-20-11-4-3-9(7-12(11)21-2)14(19)10(8-13(17)18)15-5-6-16/h3-4,7,10,15-16H,5-6,8H2,1-2H3,(H,17,18). The van der Waals surface area contributed by atoms with Crippen molar-refractivity contribution >= 4 is 11.8 Å². The quantitative estimate of drug-likeness (QED) is 0.563. The molecule has 0 aromatic heterocycles. The van der Waals surface area contributed by atoms with Crippen LogP contribution in [0.4, 0.5) is 0 Å². The van der Waals surface area contributed by atoms with E-state index in [2.05, 4.69) is 5.32 Å². The molecule has 0 spiro atoms. The summed E-state index contributed by atoms with van der Waals surface area (Å²) in [7, 11) is 2.93. The van der Waals surface area contributed by atoms with E-state index >= 15 is 0 Å². The van der Waals surface area contributed by atoms with E-state index < -0.39 is 12.0 Å². The number of carboxylic acids is 1. The van der Waals surface area contributed by atoms with Gasteiger partial charge in [-0.15, -0.1) is 0 Å². The average Bonchev–Trinajstić information content (AvgIpc) is 2.49. The maximum atomic E-state index is 12.4. The number of aliphatic carboxylic acids is 1. The molecule has 0 heterocycles. The number of carbonyl (C=O) groups is 2. The molecule has 0 radical (unpaired) electrons. The van der Waals surface area contributed by atoms with Gasteiger partial charge >= 0.3 is 5.97 Å². The molecular formula is C14H19NO6. The van der Waals surface area contributed by atoms with Gasteiger partial charge in [-0.05, 0) is 18.2 Å². The van der Waals surface area contributed by atoms with Crippen LogP contribution in [0.2, 0.25) is 0 Å². The molecule has 0 aliphatic heterocycles. The van der Waals surface area contributed by atoms with Crippen molar-refractivity contribution in [2.75, 3.05) is 27.4 Å². The molecule has 0 amide bonds. The Kier molecular flexibility index (Phi) is 6.64. The molecule has 7 nitrogen and oxygen atoms in total. The molecule has 0 bridgehead atoms. The Hall–Kier alpha value is -2.12. The first-order valence-corrected chi connectivity index (χ1v) is 6.35. The molecule has 1 atom stereocenters. The zero-order valence-corrected chi connectivity index (χ0v) is 12.0. The Bertz CT molecular complexity index is 502. The molecule has 7 heteroatoms. The van der Waals surface area contributed by atoms with E-state index in [0.29, 0.717) is 17.1 Å². The van der Waals surface area contributed by atoms with E-state index in [9.17, 15) is 9.59 Å². The second-order valence-electron chi connectivity index (χ2n) is 4.26. The van der Waals surface area contributed by atoms with Crippen molar-refractivity contribution in [3.63, 3.8) is 0 Å². The highest BCUT2D eigenvalue weighted by atomic mass is 16.5. The highest BCUT2D eigenvalue weighted by Gasteiger charge is 2.23. The van der Waals surface area contributed by atoms with E-state index in [1.54, 1.807) is 12.1 Å². The molecule has 0 fully saturated rings. The number of ketones is 1. The van der Waals surface area contributed by atoms with Crippen LogP contribution in [0.25, 0.3) is 0 Å². The first kappa shape index (κ1) is 16.9. The summed E-state index contributed by atoms with van der Waals surface area (Å²) < 4.78 is 10.2. The normalized spacial score (nSPS) is 11.8. The van der Waals surface area contributed by atoms with E-state index in [-0.39, 0.29) is 25.4 Å². The summed E-state index contributed by atoms with van der Waals surface area (Å²) in [5.41, 5.74) is 0.310. The number of hydrogen-bond donors (Lipinski definition) is 3. The number of nitrogens with one attached hydrogen (secondary N) is 1. The average molecular weight is 297 g/mol. The van der Waals surface area contributed by atoms with Crippen molar-refractivity contribution in [2.24, 2.45) is 0 Å². The lowest BCUT2D eigenvalue weighted by Gasteiger charge is -2.16. The van der Waals surface area contributed by atoms with Gasteiger partial charge in [-0.3, -0.25) is 9.59 Å². The summed E-state index contributed by atoms with van der Waals surface area (Å²) in [6.07, 6.45) is -0.368. The van der Waals surface area contributed by atoms with E-state index in [4.69, 9.17) is 19.7 Å². The molecule has 1 unspecified atom stereocenters. The molecule has 3 N–H and O–H groups in total. The second kappa shape index (κ2) is 8.23. The predicted octanol–water partition coefficient (Wildman–Crippen LogP) is 0.312. The Morgan fingerprint density at radius 1 is 1.24 bits per heavy atom. The van der Waals surface area contributed by atoms with Crippen LogP contribution >= 0.6 is 0 Å². The lowest BCUT2D eigenvalue weighted by atomic mass is 10.0. The molecule has 1 aromatic rings. The van der Waals surface area contributed by atoms with Crippen molar-refractivity contribution in [3.05, 3.63) is 23.8 Å². The number of hydrogen-bond acceptors (Lipinski definition) is 6. The zero-order valence-electron chi connectivity index (χ0n) is 12.0. The van der Waals surface area contributed by atoms with Gasteiger partial charge in [0, 0.05) is 12.1 Å². The summed E-state index contributed by atoms with van der Waals surface area (Å²) in [6, 6.07) is 3.71. The third-order valence-corrected chi connectivity index (χ3v) is 2.87. The molecule has 0 saturated heterocycles. The van der Waals surface area contributed by atoms with Crippen LogP contribution in [0.3, 0.4) is 0 Å². The molecule has 0 saturated carbocycles. The van der Waals surface area contributed by atoms with Crippen LogP contribution in [-0.2, 0) is 4.79 Å². The minimum atomic E-state index is -1.10. The number of rotatable bonds is 9. The number of carbonyl (C=O) groups excluding carboxylic acids is 1. The van der Waals surface area contributed by atoms with Gasteiger partial charge in [-0.2, -0.15) is 0 Å². The monoisotopic (exact) mass is 297 g/mol. The highest BCUT2D eigenvalue weighted by Crippen LogP contribution is 2.28. The highest BCUT2D eigenvalue weighted by molar-refractivity contribution is 6.02. The molecular weight excluding hydrogens is 278 g/mol. The zero-order chi connectivity index (χ0) is 15.8. The Balaban J connectivity index is 2.99. The SMILES string of the molecule is COc1ccc(C(=O)C(CC(=O)O)NCCO)cc1OC. The van der Waals surface area contributed by atoms with Gasteiger partial charge in [-0.25, -0.2) is 0 Å². The molecule has 21 heavy (non-hydrogen) atoms. The minimum absolute atomic E-state index is 0.136. The first-order valence-electron chi connectivity index (χ1n) is 6.35. The van der Waals surface area contributed by atoms with Gasteiger partial charge in [0.15, 0.2) is 17.3 Å². The van der Waals surface area contributed by atoms with Crippen LogP contribution in [0.1, 0.15) is 16.8 Å². The van der Waals surface area contributed by atoms with Crippen LogP contribution in [0.5, 0.6) is 11.5 Å². The third-order valence-electron chi connectivity index (χ3n) is 2.87. The van der Waals surface area contributed by atoms with Gasteiger partial charge in [0.25, 0.3) is 0 Å². The van der Waals surface area contributed by atoms with Gasteiger partial charge < -0.3 is 25.0 Å². The summed E-state index contributed by atoms with van der Waals surface area (Å²) >= 11 is 0. The number of Topliss-reactive ketones (excluding diaryl/α,β-unsaturated/α-hetero) is 1. The number of carboxylic acid groups (broad SMARTS) is 1. The summed E-state index contributed by atoms with van der Waals surface area (Å²) in [5.74, 6) is -0.613. The summed E-state index contributed by atoms with van der Waals surface area (Å²) in [5, 5.41) is 20.4. The van der Waals surface area contributed by atoms with Gasteiger partial charge in [0.05, 0.1) is 33.3 Å². The third kappa shape index (κ3) is 4.73. The first-order chi connectivity index (χ1) is 10.0. The van der Waals surface area contributed by atoms with Crippen LogP contribution in [0, 0.1) is 0 Å². The summed E-state index contributed by atoms with van der Waals surface area (Å²) in [4.78, 5) is 23.2. The molecule has 116 valence electrons. The fraction of sp³-hybridized carbons (Fsp3) is 0.429. The number of methoxy groups -OCH3 is 2. The van der Waals surface area contributed by atoms with Crippen LogP contribution in [0.15, 0.2) is 18.2 Å². The van der Waals surface area contributed by atoms with Gasteiger partial charge in [-0.1, -0.05) is 0 Å². The van der Waals surface area contributed by atoms with Crippen molar-refractivity contribution in [2.45, 2.75) is 12.5 Å². The van der Waals surface area contributed by atoms with E-state index in [1.165, 1.54) is 20.3 Å². The van der Waals surface area contributed by atoms with Gasteiger partial charge in [0.2, 0.25) is 0 Å². The van der Waals surface area contributed by atoms with E-state index in [1.807, 2.05) is 0 Å². The minimum Gasteiger partial charge on any atom is -0.493 e. The Morgan fingerprint density at radius 3 is 2.43 bits per heavy atom. The summed E-state index contributed by atoms with van der Waals surface area (Å²) in [6.45, 7) is -0.0493. The number of ether oxygens (including phenoxy) is 2. The van der Waals surface area contributed by atoms with Crippen LogP contribution in [-0.4, -0.2) is 55.4 Å². The molecule has 0 aliphatic rings. The smallest absolute Gasteiger partial charge is 0.305 e. The Morgan fingerprint density at radius 2 is 1.90 bits per heavy atom. The molecule has 0 aliphatic carbocycles. The number of aliphatic hydroxyl groups is 1. The van der Waals surface area contributed by atoms with Crippen LogP contribution < -0.4 is 14.8 Å². The van der Waals surface area contributed by atoms with Crippen molar-refractivity contribution in [1.82, 2.24) is 5.32 Å². The largest absolute Gasteiger partial charge is 0.493 e. The maximum absolute atomic E-state index is 12.4. The van der Waals surface area contributed by atoms with Crippen molar-refractivity contribution in [3.8, 4) is 11.5 Å². The van der Waals surface area contributed by atoms with Gasteiger partial charge in [0.1, 0.15) is 0 Å². The fourth-order valence-electron chi connectivity index (χ4n) is 1.86. The lowest BCUT2D eigenvalue weighted by molar-refractivity contribution is -0.137.